The number of aromatic nitrogens is 2. The molecule has 2 N–H and O–H groups in total. The summed E-state index contributed by atoms with van der Waals surface area (Å²) >= 11 is 0. The van der Waals surface area contributed by atoms with Crippen molar-refractivity contribution < 1.29 is 5.11 Å². The first-order chi connectivity index (χ1) is 6.44. The fraction of sp³-hybridized carbons (Fsp3) is 0.600. The number of hydrogen-bond acceptors (Lipinski definition) is 4. The number of rotatable bonds is 3. The Morgan fingerprint density at radius 1 is 1.43 bits per heavy atom. The van der Waals surface area contributed by atoms with Crippen molar-refractivity contribution in [1.29, 1.82) is 0 Å². The lowest BCUT2D eigenvalue weighted by molar-refractivity contribution is 0.233. The maximum absolute atomic E-state index is 9.10. The highest BCUT2D eigenvalue weighted by Crippen LogP contribution is 2.15. The Balaban J connectivity index is 2.91. The lowest BCUT2D eigenvalue weighted by atomic mass is 10.1. The smallest absolute Gasteiger partial charge is 0.148 e. The lowest BCUT2D eigenvalue weighted by Crippen LogP contribution is -2.35. The third kappa shape index (κ3) is 2.67. The summed E-state index contributed by atoms with van der Waals surface area (Å²) in [5.41, 5.74) is 1.34. The van der Waals surface area contributed by atoms with Crippen LogP contribution in [0, 0.1) is 13.8 Å². The van der Waals surface area contributed by atoms with Crippen molar-refractivity contribution >= 4 is 5.82 Å². The van der Waals surface area contributed by atoms with Gasteiger partial charge in [-0.2, -0.15) is 0 Å². The first kappa shape index (κ1) is 10.9. The van der Waals surface area contributed by atoms with Crippen LogP contribution in [0.4, 0.5) is 5.82 Å². The second-order valence-electron chi connectivity index (χ2n) is 4.11. The van der Waals surface area contributed by atoms with Gasteiger partial charge in [0.15, 0.2) is 0 Å². The second kappa shape index (κ2) is 3.92. The van der Waals surface area contributed by atoms with Crippen molar-refractivity contribution in [3.63, 3.8) is 0 Å². The molecule has 1 aromatic rings. The summed E-state index contributed by atoms with van der Waals surface area (Å²) in [6, 6.07) is 0. The molecule has 0 aromatic carbocycles. The quantitative estimate of drug-likeness (QED) is 0.762. The zero-order chi connectivity index (χ0) is 10.8. The van der Waals surface area contributed by atoms with Gasteiger partial charge in [-0.25, -0.2) is 4.98 Å². The van der Waals surface area contributed by atoms with Crippen molar-refractivity contribution in [3.8, 4) is 0 Å². The number of anilines is 1. The second-order valence-corrected chi connectivity index (χ2v) is 4.11. The first-order valence-corrected chi connectivity index (χ1v) is 4.64. The fourth-order valence-electron chi connectivity index (χ4n) is 1.02. The van der Waals surface area contributed by atoms with Gasteiger partial charge in [-0.3, -0.25) is 4.98 Å². The van der Waals surface area contributed by atoms with Crippen molar-refractivity contribution in [2.45, 2.75) is 33.2 Å². The van der Waals surface area contributed by atoms with Gasteiger partial charge in [-0.1, -0.05) is 0 Å². The van der Waals surface area contributed by atoms with Crippen molar-refractivity contribution in [1.82, 2.24) is 9.97 Å². The van der Waals surface area contributed by atoms with Crippen LogP contribution in [0.2, 0.25) is 0 Å². The molecule has 0 radical (unpaired) electrons. The maximum Gasteiger partial charge on any atom is 0.148 e. The molecule has 4 nitrogen and oxygen atoms in total. The molecule has 0 fully saturated rings. The number of aliphatic hydroxyl groups excluding tert-OH is 1. The zero-order valence-corrected chi connectivity index (χ0v) is 9.13. The van der Waals surface area contributed by atoms with Gasteiger partial charge in [0.25, 0.3) is 0 Å². The summed E-state index contributed by atoms with van der Waals surface area (Å²) in [4.78, 5) is 8.51. The SMILES string of the molecule is Cc1cnc(C)c(NC(C)(C)CO)n1. The molecule has 0 aliphatic rings. The Morgan fingerprint density at radius 2 is 2.07 bits per heavy atom. The molecule has 4 heteroatoms. The number of nitrogens with one attached hydrogen (secondary N) is 1. The van der Waals surface area contributed by atoms with E-state index < -0.39 is 0 Å². The van der Waals surface area contributed by atoms with E-state index in [0.717, 1.165) is 17.2 Å². The molecule has 0 amide bonds. The normalized spacial score (nSPS) is 11.5. The maximum atomic E-state index is 9.10. The summed E-state index contributed by atoms with van der Waals surface area (Å²) < 4.78 is 0. The van der Waals surface area contributed by atoms with Gasteiger partial charge >= 0.3 is 0 Å². The van der Waals surface area contributed by atoms with Crippen molar-refractivity contribution in [3.05, 3.63) is 17.6 Å². The Labute approximate surface area is 84.4 Å². The zero-order valence-electron chi connectivity index (χ0n) is 9.13. The molecule has 0 atom stereocenters. The average molecular weight is 195 g/mol. The van der Waals surface area contributed by atoms with Gasteiger partial charge in [0.05, 0.1) is 23.5 Å². The van der Waals surface area contributed by atoms with E-state index in [9.17, 15) is 0 Å². The van der Waals surface area contributed by atoms with E-state index in [1.165, 1.54) is 0 Å². The molecular formula is C10H17N3O. The standard InChI is InChI=1S/C10H17N3O/c1-7-5-11-8(2)9(12-7)13-10(3,4)6-14/h5,14H,6H2,1-4H3,(H,12,13). The van der Waals surface area contributed by atoms with E-state index in [4.69, 9.17) is 5.11 Å². The first-order valence-electron chi connectivity index (χ1n) is 4.64. The van der Waals surface area contributed by atoms with Gasteiger partial charge in [0.2, 0.25) is 0 Å². The number of aryl methyl sites for hydroxylation is 2. The van der Waals surface area contributed by atoms with Crippen LogP contribution in [0.1, 0.15) is 25.2 Å². The van der Waals surface area contributed by atoms with Crippen LogP contribution < -0.4 is 5.32 Å². The van der Waals surface area contributed by atoms with Gasteiger partial charge in [0.1, 0.15) is 5.82 Å². The molecule has 1 aromatic heterocycles. The summed E-state index contributed by atoms with van der Waals surface area (Å²) in [5, 5.41) is 12.3. The molecule has 0 saturated carbocycles. The Hall–Kier alpha value is -1.16. The third-order valence-corrected chi connectivity index (χ3v) is 1.93. The topological polar surface area (TPSA) is 58.0 Å². The predicted molar refractivity (Wildman–Crippen MR) is 56.3 cm³/mol. The summed E-state index contributed by atoms with van der Waals surface area (Å²) in [5.74, 6) is 0.740. The summed E-state index contributed by atoms with van der Waals surface area (Å²) in [7, 11) is 0. The monoisotopic (exact) mass is 195 g/mol. The van der Waals surface area contributed by atoms with Gasteiger partial charge in [-0.15, -0.1) is 0 Å². The van der Waals surface area contributed by atoms with E-state index in [0.29, 0.717) is 0 Å². The number of aliphatic hydroxyl groups is 1. The van der Waals surface area contributed by atoms with Crippen molar-refractivity contribution in [2.24, 2.45) is 0 Å². The minimum absolute atomic E-state index is 0.0576. The Bertz CT molecular complexity index is 323. The fourth-order valence-corrected chi connectivity index (χ4v) is 1.02. The van der Waals surface area contributed by atoms with E-state index >= 15 is 0 Å². The highest BCUT2D eigenvalue weighted by Gasteiger charge is 2.17. The molecule has 78 valence electrons. The van der Waals surface area contributed by atoms with Crippen LogP contribution in [0.3, 0.4) is 0 Å². The van der Waals surface area contributed by atoms with Gasteiger partial charge < -0.3 is 10.4 Å². The van der Waals surface area contributed by atoms with E-state index in [-0.39, 0.29) is 12.1 Å². The highest BCUT2D eigenvalue weighted by molar-refractivity contribution is 5.41. The van der Waals surface area contributed by atoms with E-state index in [2.05, 4.69) is 15.3 Å². The largest absolute Gasteiger partial charge is 0.394 e. The third-order valence-electron chi connectivity index (χ3n) is 1.93. The van der Waals surface area contributed by atoms with Gasteiger partial charge in [0, 0.05) is 6.20 Å². The molecule has 1 heterocycles. The Kier molecular flexibility index (Phi) is 3.06. The number of nitrogens with zero attached hydrogens (tertiary/aromatic N) is 2. The molecule has 0 aliphatic heterocycles. The van der Waals surface area contributed by atoms with Crippen LogP contribution in [0.5, 0.6) is 0 Å². The summed E-state index contributed by atoms with van der Waals surface area (Å²) in [6.07, 6.45) is 1.73. The van der Waals surface area contributed by atoms with E-state index in [1.807, 2.05) is 27.7 Å². The summed E-state index contributed by atoms with van der Waals surface area (Å²) in [6.45, 7) is 7.67. The number of hydrogen-bond donors (Lipinski definition) is 2. The van der Waals surface area contributed by atoms with Crippen LogP contribution in [0.25, 0.3) is 0 Å². The molecule has 0 aliphatic carbocycles. The van der Waals surface area contributed by atoms with Crippen LogP contribution in [0.15, 0.2) is 6.20 Å². The predicted octanol–water partition coefficient (Wildman–Crippen LogP) is 1.28. The van der Waals surface area contributed by atoms with Crippen LogP contribution in [-0.4, -0.2) is 27.2 Å². The Morgan fingerprint density at radius 3 is 2.64 bits per heavy atom. The van der Waals surface area contributed by atoms with Crippen LogP contribution in [-0.2, 0) is 0 Å². The van der Waals surface area contributed by atoms with Gasteiger partial charge in [-0.05, 0) is 27.7 Å². The van der Waals surface area contributed by atoms with E-state index in [1.54, 1.807) is 6.20 Å². The van der Waals surface area contributed by atoms with Crippen molar-refractivity contribution in [2.75, 3.05) is 11.9 Å². The molecular weight excluding hydrogens is 178 g/mol. The average Bonchev–Trinajstić information content (AvgIpc) is 2.11. The molecule has 1 rings (SSSR count). The minimum atomic E-state index is -0.368. The molecule has 0 saturated heterocycles. The molecule has 0 unspecified atom stereocenters. The highest BCUT2D eigenvalue weighted by atomic mass is 16.3. The lowest BCUT2D eigenvalue weighted by Gasteiger charge is -2.24. The molecule has 0 bridgehead atoms. The van der Waals surface area contributed by atoms with Crippen LogP contribution >= 0.6 is 0 Å². The molecule has 0 spiro atoms. The minimum Gasteiger partial charge on any atom is -0.394 e. The molecule has 14 heavy (non-hydrogen) atoms.